The van der Waals surface area contributed by atoms with Crippen LogP contribution < -0.4 is 10.0 Å². The van der Waals surface area contributed by atoms with Crippen LogP contribution in [0.2, 0.25) is 0 Å². The Kier molecular flexibility index (Phi) is 5.00. The van der Waals surface area contributed by atoms with E-state index in [-0.39, 0.29) is 23.7 Å². The smallest absolute Gasteiger partial charge is 0.255 e. The molecular formula is C10H14F2N2O3S. The van der Waals surface area contributed by atoms with Gasteiger partial charge >= 0.3 is 0 Å². The fourth-order valence-corrected chi connectivity index (χ4v) is 2.31. The number of alkyl halides is 2. The van der Waals surface area contributed by atoms with Crippen LogP contribution in [0.4, 0.5) is 14.5 Å². The van der Waals surface area contributed by atoms with Crippen LogP contribution in [0.3, 0.4) is 0 Å². The lowest BCUT2D eigenvalue weighted by Gasteiger charge is -2.25. The van der Waals surface area contributed by atoms with Crippen molar-refractivity contribution in [1.29, 1.82) is 0 Å². The molecule has 0 aliphatic carbocycles. The van der Waals surface area contributed by atoms with Crippen molar-refractivity contribution >= 4 is 15.7 Å². The number of hydrogen-bond donors (Lipinski definition) is 2. The number of aliphatic hydroxyl groups excluding tert-OH is 1. The molecule has 102 valence electrons. The number of nitrogens with two attached hydrogens (primary N) is 1. The average Bonchev–Trinajstić information content (AvgIpc) is 2.27. The van der Waals surface area contributed by atoms with Crippen LogP contribution >= 0.6 is 0 Å². The molecule has 18 heavy (non-hydrogen) atoms. The van der Waals surface area contributed by atoms with Gasteiger partial charge in [-0.1, -0.05) is 12.1 Å². The zero-order valence-electron chi connectivity index (χ0n) is 9.46. The Balaban J connectivity index is 3.19. The van der Waals surface area contributed by atoms with Gasteiger partial charge in [0.25, 0.3) is 6.43 Å². The molecule has 1 aromatic carbocycles. The van der Waals surface area contributed by atoms with E-state index in [4.69, 9.17) is 10.2 Å². The molecule has 1 aromatic rings. The summed E-state index contributed by atoms with van der Waals surface area (Å²) in [6, 6.07) is 5.57. The summed E-state index contributed by atoms with van der Waals surface area (Å²) in [5, 5.41) is 13.9. The van der Waals surface area contributed by atoms with Crippen molar-refractivity contribution < 1.29 is 22.3 Å². The highest BCUT2D eigenvalue weighted by Gasteiger charge is 2.20. The Bertz CT molecular complexity index is 494. The molecule has 0 aromatic heterocycles. The molecule has 0 saturated carbocycles. The molecule has 0 heterocycles. The van der Waals surface area contributed by atoms with Gasteiger partial charge < -0.3 is 10.0 Å². The molecule has 5 nitrogen and oxygen atoms in total. The van der Waals surface area contributed by atoms with Crippen LogP contribution in [0.25, 0.3) is 0 Å². The van der Waals surface area contributed by atoms with Crippen molar-refractivity contribution in [3.05, 3.63) is 24.3 Å². The summed E-state index contributed by atoms with van der Waals surface area (Å²) in [6.07, 6.45) is -2.65. The van der Waals surface area contributed by atoms with Crippen molar-refractivity contribution in [2.24, 2.45) is 5.14 Å². The molecule has 0 unspecified atom stereocenters. The molecule has 0 fully saturated rings. The van der Waals surface area contributed by atoms with Gasteiger partial charge in [-0.05, 0) is 12.1 Å². The van der Waals surface area contributed by atoms with E-state index in [9.17, 15) is 17.2 Å². The molecule has 0 atom stereocenters. The fraction of sp³-hybridized carbons (Fsp3) is 0.400. The maximum Gasteiger partial charge on any atom is 0.255 e. The zero-order chi connectivity index (χ0) is 13.8. The Morgan fingerprint density at radius 3 is 2.44 bits per heavy atom. The van der Waals surface area contributed by atoms with Gasteiger partial charge in [-0.2, -0.15) is 0 Å². The molecule has 0 radical (unpaired) electrons. The first kappa shape index (κ1) is 14.8. The minimum absolute atomic E-state index is 0.0642. The highest BCUT2D eigenvalue weighted by Crippen LogP contribution is 2.24. The Morgan fingerprint density at radius 2 is 1.94 bits per heavy atom. The van der Waals surface area contributed by atoms with Crippen LogP contribution in [0.1, 0.15) is 0 Å². The minimum atomic E-state index is -4.00. The second-order valence-electron chi connectivity index (χ2n) is 3.57. The summed E-state index contributed by atoms with van der Waals surface area (Å²) >= 11 is 0. The highest BCUT2D eigenvalue weighted by atomic mass is 32.2. The standard InChI is InChI=1S/C10H14F2N2O3S/c11-10(12)7-14(5-6-15)8-3-1-2-4-9(8)18(13,16)17/h1-4,10,15H,5-7H2,(H2,13,16,17). The second-order valence-corrected chi connectivity index (χ2v) is 5.10. The van der Waals surface area contributed by atoms with E-state index < -0.39 is 23.0 Å². The van der Waals surface area contributed by atoms with Gasteiger partial charge in [-0.15, -0.1) is 0 Å². The third kappa shape index (κ3) is 3.90. The van der Waals surface area contributed by atoms with Crippen LogP contribution in [0.5, 0.6) is 0 Å². The maximum atomic E-state index is 12.4. The lowest BCUT2D eigenvalue weighted by atomic mass is 10.3. The number of rotatable bonds is 6. The summed E-state index contributed by atoms with van der Waals surface area (Å²) in [5.74, 6) is 0. The molecule has 0 amide bonds. The molecule has 0 saturated heterocycles. The largest absolute Gasteiger partial charge is 0.395 e. The van der Waals surface area contributed by atoms with Gasteiger partial charge in [-0.25, -0.2) is 22.3 Å². The van der Waals surface area contributed by atoms with E-state index in [1.165, 1.54) is 24.3 Å². The van der Waals surface area contributed by atoms with Crippen LogP contribution in [-0.2, 0) is 10.0 Å². The SMILES string of the molecule is NS(=O)(=O)c1ccccc1N(CCO)CC(F)F. The Labute approximate surface area is 104 Å². The van der Waals surface area contributed by atoms with Crippen molar-refractivity contribution in [2.45, 2.75) is 11.3 Å². The number of para-hydroxylation sites is 1. The van der Waals surface area contributed by atoms with Gasteiger partial charge in [0.05, 0.1) is 18.8 Å². The molecule has 8 heteroatoms. The Morgan fingerprint density at radius 1 is 1.33 bits per heavy atom. The van der Waals surface area contributed by atoms with Gasteiger partial charge in [0.15, 0.2) is 0 Å². The minimum Gasteiger partial charge on any atom is -0.395 e. The second kappa shape index (κ2) is 6.07. The summed E-state index contributed by atoms with van der Waals surface area (Å²) in [4.78, 5) is 0.851. The molecule has 0 bridgehead atoms. The predicted molar refractivity (Wildman–Crippen MR) is 63.1 cm³/mol. The van der Waals surface area contributed by atoms with Crippen molar-refractivity contribution in [1.82, 2.24) is 0 Å². The molecule has 0 aliphatic rings. The first-order chi connectivity index (χ1) is 8.36. The highest BCUT2D eigenvalue weighted by molar-refractivity contribution is 7.89. The first-order valence-electron chi connectivity index (χ1n) is 5.12. The van der Waals surface area contributed by atoms with E-state index in [2.05, 4.69) is 0 Å². The number of anilines is 1. The van der Waals surface area contributed by atoms with Crippen molar-refractivity contribution in [3.63, 3.8) is 0 Å². The number of hydrogen-bond acceptors (Lipinski definition) is 4. The van der Waals surface area contributed by atoms with E-state index >= 15 is 0 Å². The van der Waals surface area contributed by atoms with E-state index in [0.29, 0.717) is 0 Å². The average molecular weight is 280 g/mol. The predicted octanol–water partition coefficient (Wildman–Crippen LogP) is 0.398. The monoisotopic (exact) mass is 280 g/mol. The number of nitrogens with zero attached hydrogens (tertiary/aromatic N) is 1. The number of benzene rings is 1. The Hall–Kier alpha value is -1.25. The zero-order valence-corrected chi connectivity index (χ0v) is 10.3. The third-order valence-corrected chi connectivity index (χ3v) is 3.20. The van der Waals surface area contributed by atoms with E-state index in [1.54, 1.807) is 0 Å². The van der Waals surface area contributed by atoms with Crippen molar-refractivity contribution in [2.75, 3.05) is 24.6 Å². The number of aliphatic hydroxyl groups is 1. The van der Waals surface area contributed by atoms with Gasteiger partial charge in [0, 0.05) is 6.54 Å². The summed E-state index contributed by atoms with van der Waals surface area (Å²) in [6.45, 7) is -1.14. The van der Waals surface area contributed by atoms with Gasteiger partial charge in [-0.3, -0.25) is 0 Å². The fourth-order valence-electron chi connectivity index (χ4n) is 1.56. The maximum absolute atomic E-state index is 12.4. The summed E-state index contributed by atoms with van der Waals surface area (Å²) < 4.78 is 47.5. The van der Waals surface area contributed by atoms with Crippen LogP contribution in [0, 0.1) is 0 Å². The molecule has 1 rings (SSSR count). The quantitative estimate of drug-likeness (QED) is 0.790. The number of halogens is 2. The first-order valence-corrected chi connectivity index (χ1v) is 6.66. The molecular weight excluding hydrogens is 266 g/mol. The lowest BCUT2D eigenvalue weighted by Crippen LogP contribution is -2.33. The topological polar surface area (TPSA) is 83.6 Å². The summed E-state index contributed by atoms with van der Waals surface area (Å²) in [5.41, 5.74) is 0.0642. The molecule has 3 N–H and O–H groups in total. The summed E-state index contributed by atoms with van der Waals surface area (Å²) in [7, 11) is -4.00. The third-order valence-electron chi connectivity index (χ3n) is 2.24. The van der Waals surface area contributed by atoms with E-state index in [1.807, 2.05) is 0 Å². The van der Waals surface area contributed by atoms with Crippen molar-refractivity contribution in [3.8, 4) is 0 Å². The lowest BCUT2D eigenvalue weighted by molar-refractivity contribution is 0.152. The molecule has 0 aliphatic heterocycles. The number of primary sulfonamides is 1. The normalized spacial score (nSPS) is 11.8. The van der Waals surface area contributed by atoms with Gasteiger partial charge in [0.1, 0.15) is 4.90 Å². The van der Waals surface area contributed by atoms with E-state index in [0.717, 1.165) is 4.90 Å². The van der Waals surface area contributed by atoms with Crippen LogP contribution in [0.15, 0.2) is 29.2 Å². The van der Waals surface area contributed by atoms with Crippen LogP contribution in [-0.4, -0.2) is 39.6 Å². The number of sulfonamides is 1. The molecule has 0 spiro atoms. The van der Waals surface area contributed by atoms with Gasteiger partial charge in [0.2, 0.25) is 10.0 Å².